The molecule has 0 aromatic rings. The van der Waals surface area contributed by atoms with Crippen molar-refractivity contribution in [3.8, 4) is 0 Å². The van der Waals surface area contributed by atoms with Crippen molar-refractivity contribution in [2.24, 2.45) is 0 Å². The van der Waals surface area contributed by atoms with E-state index in [1.54, 1.807) is 0 Å². The number of carboxylic acid groups (broad SMARTS) is 2. The number of carbonyl (C=O) groups is 2. The first kappa shape index (κ1) is 29.8. The molecule has 0 heterocycles. The van der Waals surface area contributed by atoms with E-state index in [1.165, 1.54) is 44.9 Å². The summed E-state index contributed by atoms with van der Waals surface area (Å²) in [4.78, 5) is 20.9. The van der Waals surface area contributed by atoms with Gasteiger partial charge in [-0.15, -0.1) is 0 Å². The van der Waals surface area contributed by atoms with Crippen molar-refractivity contribution < 1.29 is 34.8 Å². The lowest BCUT2D eigenvalue weighted by Gasteiger charge is -2.21. The summed E-state index contributed by atoms with van der Waals surface area (Å²) in [5.74, 6) is -1.51. The Morgan fingerprint density at radius 1 is 0.613 bits per heavy atom. The number of aliphatic hydroxyl groups is 2. The second-order valence-electron chi connectivity index (χ2n) is 8.54. The topological polar surface area (TPSA) is 124 Å². The predicted octanol–water partition coefficient (Wildman–Crippen LogP) is 4.92. The number of aliphatic hydroxyl groups excluding tert-OH is 2. The van der Waals surface area contributed by atoms with Crippen LogP contribution in [0.1, 0.15) is 116 Å². The number of carboxylic acids is 2. The molecule has 7 nitrogen and oxygen atoms in total. The van der Waals surface area contributed by atoms with Crippen molar-refractivity contribution in [1.82, 2.24) is 0 Å². The van der Waals surface area contributed by atoms with Crippen LogP contribution in [0.25, 0.3) is 0 Å². The molecule has 0 fully saturated rings. The monoisotopic (exact) mass is 446 g/mol. The molecule has 7 heteroatoms. The third-order valence-corrected chi connectivity index (χ3v) is 5.62. The van der Waals surface area contributed by atoms with Crippen LogP contribution in [0.5, 0.6) is 0 Å². The molecule has 0 spiro atoms. The van der Waals surface area contributed by atoms with E-state index < -0.39 is 24.1 Å². The number of unbranched alkanes of at least 4 members (excludes halogenated alkanes) is 13. The van der Waals surface area contributed by atoms with Gasteiger partial charge in [-0.3, -0.25) is 9.59 Å². The molecule has 0 unspecified atom stereocenters. The average Bonchev–Trinajstić information content (AvgIpc) is 2.72. The lowest BCUT2D eigenvalue weighted by atomic mass is 10.0. The third kappa shape index (κ3) is 21.8. The third-order valence-electron chi connectivity index (χ3n) is 5.62. The van der Waals surface area contributed by atoms with Gasteiger partial charge in [0.1, 0.15) is 6.10 Å². The summed E-state index contributed by atoms with van der Waals surface area (Å²) in [6, 6.07) is 0. The summed E-state index contributed by atoms with van der Waals surface area (Å²) in [6.07, 6.45) is 15.8. The zero-order valence-corrected chi connectivity index (χ0v) is 19.3. The van der Waals surface area contributed by atoms with Crippen molar-refractivity contribution in [1.29, 1.82) is 0 Å². The van der Waals surface area contributed by atoms with Gasteiger partial charge in [0.2, 0.25) is 0 Å². The van der Waals surface area contributed by atoms with Crippen molar-refractivity contribution in [3.05, 3.63) is 0 Å². The molecule has 0 amide bonds. The lowest BCUT2D eigenvalue weighted by molar-refractivity contribution is -0.138. The van der Waals surface area contributed by atoms with Crippen LogP contribution in [0.3, 0.4) is 0 Å². The van der Waals surface area contributed by atoms with E-state index in [-0.39, 0.29) is 13.0 Å². The number of rotatable bonds is 24. The Bertz CT molecular complexity index is 428. The molecule has 0 aromatic carbocycles. The minimum absolute atomic E-state index is 0.117. The number of ether oxygens (including phenoxy) is 1. The standard InChI is InChI=1S/C24H46O7/c25-20-22(31-19-15-14-18-24(29)30)21(26)16-12-10-8-6-4-2-1-3-5-7-9-11-13-17-23(27)28/h21-22,25-26H,1-20H2,(H,27,28)(H,29,30)/t21-,22-/m0/s1. The van der Waals surface area contributed by atoms with Gasteiger partial charge in [0.05, 0.1) is 12.7 Å². The van der Waals surface area contributed by atoms with E-state index in [4.69, 9.17) is 14.9 Å². The highest BCUT2D eigenvalue weighted by Gasteiger charge is 2.18. The second kappa shape index (κ2) is 22.0. The molecule has 0 bridgehead atoms. The highest BCUT2D eigenvalue weighted by Crippen LogP contribution is 2.15. The fraction of sp³-hybridized carbons (Fsp3) is 0.917. The maximum absolute atomic E-state index is 10.5. The SMILES string of the molecule is O=C(O)CCCCCCCCCCCCCCC[C@H](O)[C@H](CO)OCCCCC(=O)O. The van der Waals surface area contributed by atoms with Crippen LogP contribution in [0.2, 0.25) is 0 Å². The minimum Gasteiger partial charge on any atom is -0.481 e. The quantitative estimate of drug-likeness (QED) is 0.155. The van der Waals surface area contributed by atoms with Crippen LogP contribution >= 0.6 is 0 Å². The Labute approximate surface area is 188 Å². The number of hydrogen-bond donors (Lipinski definition) is 4. The summed E-state index contributed by atoms with van der Waals surface area (Å²) in [6.45, 7) is 0.142. The molecule has 2 atom stereocenters. The summed E-state index contributed by atoms with van der Waals surface area (Å²) in [5, 5.41) is 36.7. The maximum Gasteiger partial charge on any atom is 0.303 e. The van der Waals surface area contributed by atoms with Gasteiger partial charge < -0.3 is 25.2 Å². The van der Waals surface area contributed by atoms with Crippen molar-refractivity contribution in [2.75, 3.05) is 13.2 Å². The van der Waals surface area contributed by atoms with Gasteiger partial charge in [0.25, 0.3) is 0 Å². The number of hydrogen-bond acceptors (Lipinski definition) is 5. The van der Waals surface area contributed by atoms with Gasteiger partial charge in [-0.2, -0.15) is 0 Å². The Balaban J connectivity index is 3.40. The Morgan fingerprint density at radius 3 is 1.42 bits per heavy atom. The zero-order valence-electron chi connectivity index (χ0n) is 19.3. The smallest absolute Gasteiger partial charge is 0.303 e. The maximum atomic E-state index is 10.5. The molecule has 0 saturated carbocycles. The molecular weight excluding hydrogens is 400 g/mol. The second-order valence-corrected chi connectivity index (χ2v) is 8.54. The van der Waals surface area contributed by atoms with E-state index in [0.717, 1.165) is 38.5 Å². The average molecular weight is 447 g/mol. The fourth-order valence-corrected chi connectivity index (χ4v) is 3.66. The van der Waals surface area contributed by atoms with Gasteiger partial charge in [0.15, 0.2) is 0 Å². The van der Waals surface area contributed by atoms with Gasteiger partial charge in [-0.05, 0) is 25.7 Å². The Morgan fingerprint density at radius 2 is 1.00 bits per heavy atom. The summed E-state index contributed by atoms with van der Waals surface area (Å²) in [7, 11) is 0. The fourth-order valence-electron chi connectivity index (χ4n) is 3.66. The zero-order chi connectivity index (χ0) is 23.2. The Kier molecular flexibility index (Phi) is 21.2. The summed E-state index contributed by atoms with van der Waals surface area (Å²) < 4.78 is 5.50. The van der Waals surface area contributed by atoms with Gasteiger partial charge in [0, 0.05) is 19.4 Å². The summed E-state index contributed by atoms with van der Waals surface area (Å²) in [5.41, 5.74) is 0. The van der Waals surface area contributed by atoms with Gasteiger partial charge in [-0.25, -0.2) is 0 Å². The van der Waals surface area contributed by atoms with E-state index in [2.05, 4.69) is 0 Å². The van der Waals surface area contributed by atoms with Crippen LogP contribution < -0.4 is 0 Å². The molecule has 31 heavy (non-hydrogen) atoms. The molecule has 0 aromatic heterocycles. The molecule has 0 aliphatic rings. The highest BCUT2D eigenvalue weighted by atomic mass is 16.5. The molecule has 0 aliphatic carbocycles. The van der Waals surface area contributed by atoms with Crippen LogP contribution in [0, 0.1) is 0 Å². The van der Waals surface area contributed by atoms with Gasteiger partial charge in [-0.1, -0.05) is 77.0 Å². The van der Waals surface area contributed by atoms with Crippen LogP contribution in [-0.4, -0.2) is 57.8 Å². The molecule has 0 aliphatic heterocycles. The summed E-state index contributed by atoms with van der Waals surface area (Å²) >= 11 is 0. The number of aliphatic carboxylic acids is 2. The van der Waals surface area contributed by atoms with Crippen LogP contribution in [-0.2, 0) is 14.3 Å². The molecule has 0 saturated heterocycles. The largest absolute Gasteiger partial charge is 0.481 e. The molecular formula is C24H46O7. The minimum atomic E-state index is -0.819. The van der Waals surface area contributed by atoms with Crippen molar-refractivity contribution in [2.45, 2.75) is 128 Å². The van der Waals surface area contributed by atoms with Crippen molar-refractivity contribution >= 4 is 11.9 Å². The lowest BCUT2D eigenvalue weighted by Crippen LogP contribution is -2.32. The first-order chi connectivity index (χ1) is 15.0. The first-order valence-corrected chi connectivity index (χ1v) is 12.3. The van der Waals surface area contributed by atoms with E-state index in [1.807, 2.05) is 0 Å². The van der Waals surface area contributed by atoms with Crippen molar-refractivity contribution in [3.63, 3.8) is 0 Å². The van der Waals surface area contributed by atoms with E-state index >= 15 is 0 Å². The normalized spacial score (nSPS) is 13.2. The molecule has 0 radical (unpaired) electrons. The highest BCUT2D eigenvalue weighted by molar-refractivity contribution is 5.66. The van der Waals surface area contributed by atoms with Gasteiger partial charge >= 0.3 is 11.9 Å². The van der Waals surface area contributed by atoms with Crippen LogP contribution in [0.15, 0.2) is 0 Å². The van der Waals surface area contributed by atoms with E-state index in [9.17, 15) is 19.8 Å². The molecule has 184 valence electrons. The molecule has 4 N–H and O–H groups in total. The predicted molar refractivity (Wildman–Crippen MR) is 121 cm³/mol. The molecule has 0 rings (SSSR count). The Hall–Kier alpha value is -1.18. The van der Waals surface area contributed by atoms with E-state index in [0.29, 0.717) is 32.3 Å². The first-order valence-electron chi connectivity index (χ1n) is 12.3. The van der Waals surface area contributed by atoms with Crippen LogP contribution in [0.4, 0.5) is 0 Å².